The maximum atomic E-state index is 13.7. The van der Waals surface area contributed by atoms with E-state index in [0.29, 0.717) is 73.6 Å². The first-order valence-corrected chi connectivity index (χ1v) is 21.9. The highest BCUT2D eigenvalue weighted by atomic mass is 16.5. The Hall–Kier alpha value is -0.770. The Morgan fingerprint density at radius 1 is 0.765 bits per heavy atom. The smallest absolute Gasteiger partial charge is 0.222 e. The summed E-state index contributed by atoms with van der Waals surface area (Å²) in [6.45, 7) is 18.3. The molecule has 8 nitrogen and oxygen atoms in total. The third kappa shape index (κ3) is 10.5. The molecule has 0 aliphatic heterocycles. The van der Waals surface area contributed by atoms with Gasteiger partial charge in [0.1, 0.15) is 0 Å². The van der Waals surface area contributed by atoms with E-state index in [1.165, 1.54) is 44.9 Å². The first-order valence-electron chi connectivity index (χ1n) is 21.9. The first kappa shape index (κ1) is 43.0. The van der Waals surface area contributed by atoms with E-state index in [4.69, 9.17) is 31.4 Å². The SMILES string of the molecule is CCCCCN(CCCCC)C(=O)CC[C@@H](C)C1CC[C@H]2C3[C@H](OCCCN)CC4C[C@H](OCCCN)CC[C@]4(C)[C@H]3C[C@H](OCCCN)[C@]12C. The van der Waals surface area contributed by atoms with Gasteiger partial charge in [-0.15, -0.1) is 0 Å². The predicted molar refractivity (Wildman–Crippen MR) is 210 cm³/mol. The molecular weight excluding hydrogens is 636 g/mol. The van der Waals surface area contributed by atoms with Gasteiger partial charge in [-0.25, -0.2) is 0 Å². The molecule has 4 aliphatic rings. The van der Waals surface area contributed by atoms with E-state index in [9.17, 15) is 4.79 Å². The number of hydrogen-bond acceptors (Lipinski definition) is 7. The van der Waals surface area contributed by atoms with E-state index >= 15 is 0 Å². The number of nitrogens with two attached hydrogens (primary N) is 3. The van der Waals surface area contributed by atoms with Crippen molar-refractivity contribution in [1.29, 1.82) is 0 Å². The Morgan fingerprint density at radius 2 is 1.39 bits per heavy atom. The van der Waals surface area contributed by atoms with Gasteiger partial charge in [0.15, 0.2) is 0 Å². The molecule has 298 valence electrons. The predicted octanol–water partition coefficient (Wildman–Crippen LogP) is 7.69. The van der Waals surface area contributed by atoms with Crippen molar-refractivity contribution in [2.75, 3.05) is 52.5 Å². The minimum atomic E-state index is 0.0569. The molecular formula is C43H82N4O4. The van der Waals surface area contributed by atoms with E-state index in [2.05, 4.69) is 39.5 Å². The van der Waals surface area contributed by atoms with Crippen LogP contribution in [0.2, 0.25) is 0 Å². The molecule has 0 aromatic heterocycles. The molecule has 0 bridgehead atoms. The van der Waals surface area contributed by atoms with Crippen molar-refractivity contribution in [2.45, 2.75) is 169 Å². The third-order valence-electron chi connectivity index (χ3n) is 14.7. The molecule has 0 radical (unpaired) electrons. The molecule has 0 spiro atoms. The van der Waals surface area contributed by atoms with Crippen LogP contribution < -0.4 is 17.2 Å². The Balaban J connectivity index is 1.56. The molecule has 4 saturated carbocycles. The van der Waals surface area contributed by atoms with Gasteiger partial charge >= 0.3 is 0 Å². The van der Waals surface area contributed by atoms with Crippen molar-refractivity contribution >= 4 is 5.91 Å². The second-order valence-electron chi connectivity index (χ2n) is 17.8. The van der Waals surface area contributed by atoms with Gasteiger partial charge in [0.2, 0.25) is 5.91 Å². The average Bonchev–Trinajstić information content (AvgIpc) is 3.48. The molecule has 51 heavy (non-hydrogen) atoms. The maximum Gasteiger partial charge on any atom is 0.222 e. The Morgan fingerprint density at radius 3 is 2.02 bits per heavy atom. The number of fused-ring (bicyclic) bond motifs is 5. The molecule has 0 aromatic carbocycles. The average molecular weight is 719 g/mol. The minimum Gasteiger partial charge on any atom is -0.378 e. The summed E-state index contributed by atoms with van der Waals surface area (Å²) in [5.41, 5.74) is 18.1. The number of hydrogen-bond donors (Lipinski definition) is 3. The number of carbonyl (C=O) groups is 1. The number of nitrogens with zero attached hydrogens (tertiary/aromatic N) is 1. The molecule has 0 aromatic rings. The minimum absolute atomic E-state index is 0.0569. The Bertz CT molecular complexity index is 991. The zero-order valence-corrected chi connectivity index (χ0v) is 33.9. The summed E-state index contributed by atoms with van der Waals surface area (Å²) in [7, 11) is 0. The van der Waals surface area contributed by atoms with E-state index in [1.807, 2.05) is 0 Å². The lowest BCUT2D eigenvalue weighted by Crippen LogP contribution is -2.63. The van der Waals surface area contributed by atoms with Crippen molar-refractivity contribution in [3.05, 3.63) is 0 Å². The molecule has 6 N–H and O–H groups in total. The standard InChI is InChI=1S/C43H82N4O4/c1-6-8-10-24-47(25-11-9-7-2)40(48)18-15-32(3)35-16-17-36-41-37(31-39(43(35,36)5)51-28-14-23-46)42(4)20-19-34(49-26-12-21-44)29-33(42)30-38(41)50-27-13-22-45/h32-39,41H,6-31,44-46H2,1-5H3/t32-,33?,34-,35?,36+,37+,38-,39+,41?,42+,43-/m1/s1. The molecule has 4 fully saturated rings. The third-order valence-corrected chi connectivity index (χ3v) is 14.7. The monoisotopic (exact) mass is 719 g/mol. The van der Waals surface area contributed by atoms with Gasteiger partial charge in [-0.2, -0.15) is 0 Å². The molecule has 4 rings (SSSR count). The molecule has 3 unspecified atom stereocenters. The molecule has 8 heteroatoms. The fourth-order valence-corrected chi connectivity index (χ4v) is 11.8. The normalized spacial score (nSPS) is 35.2. The summed E-state index contributed by atoms with van der Waals surface area (Å²) in [6.07, 6.45) is 20.4. The van der Waals surface area contributed by atoms with E-state index < -0.39 is 0 Å². The molecule has 11 atom stereocenters. The molecule has 4 aliphatic carbocycles. The highest BCUT2D eigenvalue weighted by Crippen LogP contribution is 2.69. The summed E-state index contributed by atoms with van der Waals surface area (Å²) in [4.78, 5) is 15.9. The van der Waals surface area contributed by atoms with Crippen molar-refractivity contribution in [3.8, 4) is 0 Å². The number of carbonyl (C=O) groups excluding carboxylic acids is 1. The molecule has 0 heterocycles. The van der Waals surface area contributed by atoms with Gasteiger partial charge < -0.3 is 36.3 Å². The quantitative estimate of drug-likeness (QED) is 0.0874. The molecule has 0 saturated heterocycles. The van der Waals surface area contributed by atoms with Crippen LogP contribution in [0.15, 0.2) is 0 Å². The van der Waals surface area contributed by atoms with Crippen LogP contribution in [0, 0.1) is 46.3 Å². The number of ether oxygens (including phenoxy) is 3. The number of unbranched alkanes of at least 4 members (excludes halogenated alkanes) is 4. The van der Waals surface area contributed by atoms with Crippen molar-refractivity contribution < 1.29 is 19.0 Å². The van der Waals surface area contributed by atoms with Crippen LogP contribution in [-0.4, -0.2) is 81.7 Å². The van der Waals surface area contributed by atoms with Gasteiger partial charge in [0.25, 0.3) is 0 Å². The zero-order valence-electron chi connectivity index (χ0n) is 33.9. The van der Waals surface area contributed by atoms with Gasteiger partial charge in [-0.05, 0) is 144 Å². The second-order valence-corrected chi connectivity index (χ2v) is 17.8. The van der Waals surface area contributed by atoms with E-state index in [-0.39, 0.29) is 23.0 Å². The van der Waals surface area contributed by atoms with Crippen LogP contribution in [0.25, 0.3) is 0 Å². The van der Waals surface area contributed by atoms with Gasteiger partial charge in [-0.3, -0.25) is 4.79 Å². The summed E-state index contributed by atoms with van der Waals surface area (Å²) < 4.78 is 20.4. The molecule has 1 amide bonds. The Kier molecular flexibility index (Phi) is 18.0. The number of rotatable bonds is 24. The van der Waals surface area contributed by atoms with E-state index in [0.717, 1.165) is 97.1 Å². The van der Waals surface area contributed by atoms with E-state index in [1.54, 1.807) is 0 Å². The zero-order chi connectivity index (χ0) is 36.9. The van der Waals surface area contributed by atoms with Crippen LogP contribution in [0.4, 0.5) is 0 Å². The number of amides is 1. The lowest BCUT2D eigenvalue weighted by Gasteiger charge is -2.65. The van der Waals surface area contributed by atoms with Gasteiger partial charge in [0.05, 0.1) is 18.3 Å². The van der Waals surface area contributed by atoms with Crippen molar-refractivity contribution in [3.63, 3.8) is 0 Å². The second kappa shape index (κ2) is 21.4. The summed E-state index contributed by atoms with van der Waals surface area (Å²) in [5, 5.41) is 0. The van der Waals surface area contributed by atoms with Crippen LogP contribution in [0.1, 0.15) is 150 Å². The lowest BCUT2D eigenvalue weighted by molar-refractivity contribution is -0.227. The summed E-state index contributed by atoms with van der Waals surface area (Å²) in [5.74, 6) is 3.63. The van der Waals surface area contributed by atoms with Crippen LogP contribution in [-0.2, 0) is 19.0 Å². The maximum absolute atomic E-state index is 13.7. The lowest BCUT2D eigenvalue weighted by atomic mass is 9.43. The van der Waals surface area contributed by atoms with Gasteiger partial charge in [0, 0.05) is 44.7 Å². The van der Waals surface area contributed by atoms with Gasteiger partial charge in [-0.1, -0.05) is 60.3 Å². The topological polar surface area (TPSA) is 126 Å². The fraction of sp³-hybridized carbons (Fsp3) is 0.977. The van der Waals surface area contributed by atoms with Crippen LogP contribution >= 0.6 is 0 Å². The van der Waals surface area contributed by atoms with Crippen molar-refractivity contribution in [2.24, 2.45) is 63.5 Å². The summed E-state index contributed by atoms with van der Waals surface area (Å²) >= 11 is 0. The fourth-order valence-electron chi connectivity index (χ4n) is 11.8. The first-order chi connectivity index (χ1) is 24.7. The van der Waals surface area contributed by atoms with Crippen molar-refractivity contribution in [1.82, 2.24) is 4.90 Å². The largest absolute Gasteiger partial charge is 0.378 e. The Labute approximate surface area is 313 Å². The summed E-state index contributed by atoms with van der Waals surface area (Å²) in [6, 6.07) is 0. The van der Waals surface area contributed by atoms with Crippen LogP contribution in [0.5, 0.6) is 0 Å². The highest BCUT2D eigenvalue weighted by Gasteiger charge is 2.66. The highest BCUT2D eigenvalue weighted by molar-refractivity contribution is 5.76. The van der Waals surface area contributed by atoms with Crippen LogP contribution in [0.3, 0.4) is 0 Å².